The van der Waals surface area contributed by atoms with Crippen LogP contribution in [0.4, 0.5) is 11.4 Å². The predicted octanol–water partition coefficient (Wildman–Crippen LogP) is 4.10. The Kier molecular flexibility index (Phi) is 5.37. The molecule has 2 aromatic carbocycles. The van der Waals surface area contributed by atoms with Crippen molar-refractivity contribution >= 4 is 17.3 Å². The topological polar surface area (TPSA) is 59.0 Å². The first-order valence-corrected chi connectivity index (χ1v) is 8.82. The summed E-state index contributed by atoms with van der Waals surface area (Å²) in [6.45, 7) is 6.19. The second-order valence-corrected chi connectivity index (χ2v) is 6.25. The fourth-order valence-electron chi connectivity index (χ4n) is 2.87. The van der Waals surface area contributed by atoms with Crippen LogP contribution in [0.25, 0.3) is 5.69 Å². The third-order valence-electron chi connectivity index (χ3n) is 4.37. The van der Waals surface area contributed by atoms with Crippen LogP contribution in [0.3, 0.4) is 0 Å². The lowest BCUT2D eigenvalue weighted by atomic mass is 10.1. The summed E-state index contributed by atoms with van der Waals surface area (Å²) in [6.07, 6.45) is 1.00. The van der Waals surface area contributed by atoms with Crippen LogP contribution in [-0.4, -0.2) is 22.2 Å². The molecule has 0 fully saturated rings. The summed E-state index contributed by atoms with van der Waals surface area (Å²) >= 11 is 0. The first-order valence-electron chi connectivity index (χ1n) is 8.82. The van der Waals surface area contributed by atoms with Crippen molar-refractivity contribution in [1.82, 2.24) is 9.78 Å². The minimum absolute atomic E-state index is 0.0941. The van der Waals surface area contributed by atoms with Crippen molar-refractivity contribution in [1.29, 1.82) is 0 Å². The highest BCUT2D eigenvalue weighted by Gasteiger charge is 2.15. The maximum atomic E-state index is 12.3. The first-order chi connectivity index (χ1) is 12.6. The van der Waals surface area contributed by atoms with E-state index in [2.05, 4.69) is 34.8 Å². The molecule has 0 saturated carbocycles. The van der Waals surface area contributed by atoms with E-state index in [1.165, 1.54) is 5.56 Å². The molecule has 0 aliphatic rings. The van der Waals surface area contributed by atoms with E-state index in [1.54, 1.807) is 0 Å². The predicted molar refractivity (Wildman–Crippen MR) is 106 cm³/mol. The van der Waals surface area contributed by atoms with E-state index in [4.69, 9.17) is 0 Å². The minimum atomic E-state index is -0.0941. The lowest BCUT2D eigenvalue weighted by Gasteiger charge is -2.09. The van der Waals surface area contributed by atoms with E-state index in [0.29, 0.717) is 0 Å². The molecule has 0 saturated heterocycles. The zero-order chi connectivity index (χ0) is 18.5. The van der Waals surface area contributed by atoms with Crippen LogP contribution in [0.1, 0.15) is 23.9 Å². The second kappa shape index (κ2) is 7.87. The molecule has 0 bridgehead atoms. The number of hydrogen-bond acceptors (Lipinski definition) is 3. The number of carbonyl (C=O) groups excluding carboxylic acids is 1. The number of aromatic nitrogens is 2. The molecule has 0 atom stereocenters. The largest absolute Gasteiger partial charge is 0.376 e. The smallest absolute Gasteiger partial charge is 0.243 e. The van der Waals surface area contributed by atoms with Crippen LogP contribution < -0.4 is 10.6 Å². The van der Waals surface area contributed by atoms with E-state index < -0.39 is 0 Å². The van der Waals surface area contributed by atoms with Gasteiger partial charge in [0.1, 0.15) is 0 Å². The number of anilines is 2. The molecule has 0 radical (unpaired) electrons. The molecule has 5 nitrogen and oxygen atoms in total. The van der Waals surface area contributed by atoms with Crippen molar-refractivity contribution < 1.29 is 4.79 Å². The minimum Gasteiger partial charge on any atom is -0.376 e. The number of nitrogens with zero attached hydrogens (tertiary/aromatic N) is 2. The third kappa shape index (κ3) is 3.94. The van der Waals surface area contributed by atoms with Crippen LogP contribution in [0.15, 0.2) is 54.6 Å². The zero-order valence-electron chi connectivity index (χ0n) is 15.4. The molecule has 1 heterocycles. The summed E-state index contributed by atoms with van der Waals surface area (Å²) in [5.74, 6) is -0.0941. The normalized spacial score (nSPS) is 10.6. The number of rotatable bonds is 6. The molecule has 0 spiro atoms. The maximum absolute atomic E-state index is 12.3. The monoisotopic (exact) mass is 348 g/mol. The van der Waals surface area contributed by atoms with Crippen LogP contribution in [-0.2, 0) is 11.2 Å². The molecule has 0 aliphatic carbocycles. The molecule has 1 aromatic heterocycles. The summed E-state index contributed by atoms with van der Waals surface area (Å²) in [4.78, 5) is 12.3. The average Bonchev–Trinajstić information content (AvgIpc) is 2.95. The zero-order valence-corrected chi connectivity index (χ0v) is 15.4. The molecule has 3 rings (SSSR count). The molecule has 26 heavy (non-hydrogen) atoms. The quantitative estimate of drug-likeness (QED) is 0.705. The van der Waals surface area contributed by atoms with Gasteiger partial charge in [-0.3, -0.25) is 4.79 Å². The Morgan fingerprint density at radius 3 is 2.38 bits per heavy atom. The van der Waals surface area contributed by atoms with Crippen molar-refractivity contribution in [3.63, 3.8) is 0 Å². The van der Waals surface area contributed by atoms with E-state index in [9.17, 15) is 4.79 Å². The Morgan fingerprint density at radius 1 is 1.04 bits per heavy atom. The molecule has 5 heteroatoms. The Bertz CT molecular complexity index is 882. The number of para-hydroxylation sites is 1. The number of carbonyl (C=O) groups is 1. The fraction of sp³-hybridized carbons (Fsp3) is 0.238. The summed E-state index contributed by atoms with van der Waals surface area (Å²) in [5, 5.41) is 10.7. The van der Waals surface area contributed by atoms with E-state index >= 15 is 0 Å². The van der Waals surface area contributed by atoms with E-state index in [1.807, 2.05) is 61.0 Å². The molecule has 3 aromatic rings. The lowest BCUT2D eigenvalue weighted by molar-refractivity contribution is -0.114. The maximum Gasteiger partial charge on any atom is 0.243 e. The number of nitrogens with one attached hydrogen (secondary N) is 2. The van der Waals surface area contributed by atoms with Gasteiger partial charge in [0.15, 0.2) is 0 Å². The molecular formula is C21H24N4O. The first kappa shape index (κ1) is 17.7. The van der Waals surface area contributed by atoms with Crippen LogP contribution in [0, 0.1) is 13.8 Å². The molecular weight excluding hydrogens is 324 g/mol. The van der Waals surface area contributed by atoms with E-state index in [0.717, 1.165) is 34.9 Å². The Balaban J connectivity index is 1.66. The van der Waals surface area contributed by atoms with Crippen molar-refractivity contribution in [2.45, 2.75) is 27.2 Å². The van der Waals surface area contributed by atoms with Gasteiger partial charge in [-0.1, -0.05) is 37.3 Å². The van der Waals surface area contributed by atoms with Gasteiger partial charge in [0.05, 0.1) is 29.3 Å². The Labute approximate surface area is 154 Å². The van der Waals surface area contributed by atoms with Crippen molar-refractivity contribution in [3.8, 4) is 5.69 Å². The lowest BCUT2D eigenvalue weighted by Crippen LogP contribution is -2.22. The fourth-order valence-corrected chi connectivity index (χ4v) is 2.87. The van der Waals surface area contributed by atoms with Gasteiger partial charge >= 0.3 is 0 Å². The van der Waals surface area contributed by atoms with Crippen molar-refractivity contribution in [3.05, 3.63) is 71.5 Å². The molecule has 0 unspecified atom stereocenters. The van der Waals surface area contributed by atoms with Crippen molar-refractivity contribution in [2.75, 3.05) is 17.2 Å². The van der Waals surface area contributed by atoms with Gasteiger partial charge in [0.25, 0.3) is 0 Å². The van der Waals surface area contributed by atoms with Gasteiger partial charge in [0, 0.05) is 5.69 Å². The summed E-state index contributed by atoms with van der Waals surface area (Å²) in [7, 11) is 0. The summed E-state index contributed by atoms with van der Waals surface area (Å²) in [5.41, 5.74) is 5.66. The van der Waals surface area contributed by atoms with Crippen LogP contribution in [0.2, 0.25) is 0 Å². The third-order valence-corrected chi connectivity index (χ3v) is 4.37. The Hall–Kier alpha value is -3.08. The summed E-state index contributed by atoms with van der Waals surface area (Å²) in [6, 6.07) is 18.0. The van der Waals surface area contributed by atoms with Crippen LogP contribution in [0.5, 0.6) is 0 Å². The standard InChI is InChI=1S/C21H24N4O/c1-4-17-10-12-18(13-11-17)22-14-20(26)23-21-15(2)24-25(16(21)3)19-8-6-5-7-9-19/h5-13,22H,4,14H2,1-3H3,(H,23,26). The van der Waals surface area contributed by atoms with Gasteiger partial charge in [-0.05, 0) is 50.1 Å². The highest BCUT2D eigenvalue weighted by Crippen LogP contribution is 2.22. The molecule has 2 N–H and O–H groups in total. The van der Waals surface area contributed by atoms with Gasteiger partial charge in [-0.15, -0.1) is 0 Å². The molecule has 134 valence electrons. The highest BCUT2D eigenvalue weighted by molar-refractivity contribution is 5.94. The van der Waals surface area contributed by atoms with Crippen LogP contribution >= 0.6 is 0 Å². The Morgan fingerprint density at radius 2 is 1.73 bits per heavy atom. The number of aryl methyl sites for hydroxylation is 2. The SMILES string of the molecule is CCc1ccc(NCC(=O)Nc2c(C)nn(-c3ccccc3)c2C)cc1. The van der Waals surface area contributed by atoms with Crippen molar-refractivity contribution in [2.24, 2.45) is 0 Å². The number of benzene rings is 2. The van der Waals surface area contributed by atoms with Gasteiger partial charge in [-0.25, -0.2) is 4.68 Å². The van der Waals surface area contributed by atoms with Gasteiger partial charge in [0.2, 0.25) is 5.91 Å². The van der Waals surface area contributed by atoms with Gasteiger partial charge < -0.3 is 10.6 Å². The molecule has 0 aliphatic heterocycles. The van der Waals surface area contributed by atoms with E-state index in [-0.39, 0.29) is 12.5 Å². The van der Waals surface area contributed by atoms with Gasteiger partial charge in [-0.2, -0.15) is 5.10 Å². The number of hydrogen-bond donors (Lipinski definition) is 2. The summed E-state index contributed by atoms with van der Waals surface area (Å²) < 4.78 is 1.85. The number of amides is 1. The second-order valence-electron chi connectivity index (χ2n) is 6.25. The highest BCUT2D eigenvalue weighted by atomic mass is 16.1. The molecule has 1 amide bonds. The average molecular weight is 348 g/mol.